The van der Waals surface area contributed by atoms with Gasteiger partial charge in [-0.3, -0.25) is 9.59 Å². The fourth-order valence-electron chi connectivity index (χ4n) is 3.24. The van der Waals surface area contributed by atoms with Gasteiger partial charge in [-0.25, -0.2) is 0 Å². The zero-order valence-corrected chi connectivity index (χ0v) is 18.1. The Morgan fingerprint density at radius 2 is 1.65 bits per heavy atom. The van der Waals surface area contributed by atoms with Crippen molar-refractivity contribution in [3.63, 3.8) is 0 Å². The molecule has 0 unspecified atom stereocenters. The van der Waals surface area contributed by atoms with Crippen LogP contribution < -0.4 is 14.8 Å². The quantitative estimate of drug-likeness (QED) is 0.599. The van der Waals surface area contributed by atoms with Crippen LogP contribution >= 0.6 is 0 Å². The molecule has 0 aliphatic heterocycles. The van der Waals surface area contributed by atoms with Gasteiger partial charge in [-0.2, -0.15) is 0 Å². The zero-order chi connectivity index (χ0) is 22.4. The minimum Gasteiger partial charge on any atom is -0.497 e. The monoisotopic (exact) mass is 418 g/mol. The molecule has 0 fully saturated rings. The van der Waals surface area contributed by atoms with E-state index in [0.29, 0.717) is 28.3 Å². The molecule has 3 aromatic carbocycles. The van der Waals surface area contributed by atoms with Gasteiger partial charge in [0.05, 0.1) is 25.8 Å². The summed E-state index contributed by atoms with van der Waals surface area (Å²) in [6.07, 6.45) is 0. The van der Waals surface area contributed by atoms with Crippen LogP contribution in [0.3, 0.4) is 0 Å². The first-order valence-electron chi connectivity index (χ1n) is 9.90. The average molecular weight is 418 g/mol. The Hall–Kier alpha value is -3.80. The summed E-state index contributed by atoms with van der Waals surface area (Å²) in [5, 5.41) is 2.91. The maximum absolute atomic E-state index is 13.2. The highest BCUT2D eigenvalue weighted by Crippen LogP contribution is 2.29. The summed E-state index contributed by atoms with van der Waals surface area (Å²) in [6.45, 7) is 1.93. The highest BCUT2D eigenvalue weighted by Gasteiger charge is 2.23. The number of carbonyl (C=O) groups is 2. The molecule has 0 aliphatic rings. The SMILES string of the molecule is COc1ccc(OC)c(C(=O)N(C)[C@H](C)c2cccc(NC(=O)c3ccccc3)c2)c1. The van der Waals surface area contributed by atoms with E-state index in [9.17, 15) is 9.59 Å². The van der Waals surface area contributed by atoms with Gasteiger partial charge in [0.15, 0.2) is 0 Å². The Bertz CT molecular complexity index is 1070. The van der Waals surface area contributed by atoms with Crippen LogP contribution in [0.25, 0.3) is 0 Å². The first-order valence-corrected chi connectivity index (χ1v) is 9.90. The lowest BCUT2D eigenvalue weighted by molar-refractivity contribution is 0.0738. The maximum Gasteiger partial charge on any atom is 0.258 e. The molecule has 0 saturated carbocycles. The molecule has 2 amide bonds. The largest absolute Gasteiger partial charge is 0.497 e. The van der Waals surface area contributed by atoms with E-state index in [-0.39, 0.29) is 17.9 Å². The van der Waals surface area contributed by atoms with E-state index in [2.05, 4.69) is 5.32 Å². The molecule has 3 aromatic rings. The maximum atomic E-state index is 13.2. The molecule has 0 aliphatic carbocycles. The van der Waals surface area contributed by atoms with Gasteiger partial charge in [-0.05, 0) is 55.0 Å². The lowest BCUT2D eigenvalue weighted by Crippen LogP contribution is -2.30. The van der Waals surface area contributed by atoms with Gasteiger partial charge in [0.25, 0.3) is 11.8 Å². The van der Waals surface area contributed by atoms with Crippen LogP contribution in [0.2, 0.25) is 0 Å². The first kappa shape index (κ1) is 21.9. The minimum atomic E-state index is -0.239. The number of hydrogen-bond acceptors (Lipinski definition) is 4. The van der Waals surface area contributed by atoms with Crippen molar-refractivity contribution in [1.29, 1.82) is 0 Å². The smallest absolute Gasteiger partial charge is 0.258 e. The molecule has 1 N–H and O–H groups in total. The van der Waals surface area contributed by atoms with Crippen molar-refractivity contribution in [2.75, 3.05) is 26.6 Å². The lowest BCUT2D eigenvalue weighted by atomic mass is 10.0. The van der Waals surface area contributed by atoms with Crippen molar-refractivity contribution in [3.8, 4) is 11.5 Å². The Morgan fingerprint density at radius 3 is 2.32 bits per heavy atom. The molecular formula is C25H26N2O4. The van der Waals surface area contributed by atoms with Crippen molar-refractivity contribution in [2.45, 2.75) is 13.0 Å². The molecule has 0 saturated heterocycles. The van der Waals surface area contributed by atoms with E-state index in [1.54, 1.807) is 49.4 Å². The van der Waals surface area contributed by atoms with Crippen LogP contribution in [0, 0.1) is 0 Å². The van der Waals surface area contributed by atoms with E-state index in [1.165, 1.54) is 7.11 Å². The van der Waals surface area contributed by atoms with Crippen molar-refractivity contribution in [1.82, 2.24) is 4.90 Å². The molecular weight excluding hydrogens is 392 g/mol. The summed E-state index contributed by atoms with van der Waals surface area (Å²) in [7, 11) is 4.82. The number of benzene rings is 3. The third kappa shape index (κ3) is 5.04. The molecule has 1 atom stereocenters. The normalized spacial score (nSPS) is 11.4. The number of anilines is 1. The summed E-state index contributed by atoms with van der Waals surface area (Å²) in [6, 6.07) is 21.4. The molecule has 160 valence electrons. The van der Waals surface area contributed by atoms with E-state index < -0.39 is 0 Å². The average Bonchev–Trinajstić information content (AvgIpc) is 2.82. The summed E-state index contributed by atoms with van der Waals surface area (Å²) in [5.74, 6) is 0.683. The number of nitrogens with zero attached hydrogens (tertiary/aromatic N) is 1. The number of nitrogens with one attached hydrogen (secondary N) is 1. The van der Waals surface area contributed by atoms with Gasteiger partial charge in [-0.1, -0.05) is 30.3 Å². The second-order valence-corrected chi connectivity index (χ2v) is 7.10. The molecule has 0 aromatic heterocycles. The van der Waals surface area contributed by atoms with Crippen molar-refractivity contribution >= 4 is 17.5 Å². The predicted octanol–water partition coefficient (Wildman–Crippen LogP) is 4.79. The third-order valence-electron chi connectivity index (χ3n) is 5.20. The molecule has 0 heterocycles. The van der Waals surface area contributed by atoms with Gasteiger partial charge in [0.1, 0.15) is 11.5 Å². The molecule has 6 heteroatoms. The van der Waals surface area contributed by atoms with Crippen LogP contribution in [0.1, 0.15) is 39.2 Å². The standard InChI is InChI=1S/C25H26N2O4/c1-17(27(2)25(29)22-16-21(30-3)13-14-23(22)31-4)19-11-8-12-20(15-19)26-24(28)18-9-6-5-7-10-18/h5-17H,1-4H3,(H,26,28)/t17-/m1/s1. The molecule has 0 bridgehead atoms. The van der Waals surface area contributed by atoms with Crippen LogP contribution in [0.15, 0.2) is 72.8 Å². The molecule has 0 spiro atoms. The van der Waals surface area contributed by atoms with Gasteiger partial charge in [0, 0.05) is 18.3 Å². The third-order valence-corrected chi connectivity index (χ3v) is 5.20. The number of amides is 2. The first-order chi connectivity index (χ1) is 14.9. The van der Waals surface area contributed by atoms with E-state index in [0.717, 1.165) is 5.56 Å². The fraction of sp³-hybridized carbons (Fsp3) is 0.200. The zero-order valence-electron chi connectivity index (χ0n) is 18.1. The van der Waals surface area contributed by atoms with E-state index in [1.807, 2.05) is 49.4 Å². The Morgan fingerprint density at radius 1 is 0.903 bits per heavy atom. The Labute approximate surface area is 182 Å². The molecule has 6 nitrogen and oxygen atoms in total. The van der Waals surface area contributed by atoms with E-state index >= 15 is 0 Å². The van der Waals surface area contributed by atoms with Crippen LogP contribution in [0.4, 0.5) is 5.69 Å². The molecule has 0 radical (unpaired) electrons. The summed E-state index contributed by atoms with van der Waals surface area (Å²) in [4.78, 5) is 27.3. The van der Waals surface area contributed by atoms with Crippen molar-refractivity contribution in [2.24, 2.45) is 0 Å². The fourth-order valence-corrected chi connectivity index (χ4v) is 3.24. The minimum absolute atomic E-state index is 0.184. The highest BCUT2D eigenvalue weighted by molar-refractivity contribution is 6.04. The molecule has 31 heavy (non-hydrogen) atoms. The summed E-state index contributed by atoms with van der Waals surface area (Å²) in [5.41, 5.74) is 2.56. The summed E-state index contributed by atoms with van der Waals surface area (Å²) < 4.78 is 10.6. The van der Waals surface area contributed by atoms with Crippen molar-refractivity contribution in [3.05, 3.63) is 89.5 Å². The van der Waals surface area contributed by atoms with Crippen LogP contribution in [-0.4, -0.2) is 38.0 Å². The predicted molar refractivity (Wildman–Crippen MR) is 121 cm³/mol. The van der Waals surface area contributed by atoms with Gasteiger partial charge in [-0.15, -0.1) is 0 Å². The Kier molecular flexibility index (Phi) is 6.92. The topological polar surface area (TPSA) is 67.9 Å². The second kappa shape index (κ2) is 9.80. The van der Waals surface area contributed by atoms with Gasteiger partial charge >= 0.3 is 0 Å². The highest BCUT2D eigenvalue weighted by atomic mass is 16.5. The number of methoxy groups -OCH3 is 2. The Balaban J connectivity index is 1.79. The van der Waals surface area contributed by atoms with Gasteiger partial charge in [0.2, 0.25) is 0 Å². The van der Waals surface area contributed by atoms with Crippen LogP contribution in [0.5, 0.6) is 11.5 Å². The molecule has 3 rings (SSSR count). The van der Waals surface area contributed by atoms with Crippen LogP contribution in [-0.2, 0) is 0 Å². The second-order valence-electron chi connectivity index (χ2n) is 7.10. The van der Waals surface area contributed by atoms with Crippen molar-refractivity contribution < 1.29 is 19.1 Å². The lowest BCUT2D eigenvalue weighted by Gasteiger charge is -2.26. The number of carbonyl (C=O) groups excluding carboxylic acids is 2. The van der Waals surface area contributed by atoms with E-state index in [4.69, 9.17) is 9.47 Å². The number of rotatable bonds is 7. The van der Waals surface area contributed by atoms with Gasteiger partial charge < -0.3 is 19.7 Å². The summed E-state index contributed by atoms with van der Waals surface area (Å²) >= 11 is 0. The number of hydrogen-bond donors (Lipinski definition) is 1. The number of ether oxygens (including phenoxy) is 2.